The van der Waals surface area contributed by atoms with Crippen molar-refractivity contribution in [3.63, 3.8) is 0 Å². The number of benzene rings is 7. The lowest BCUT2D eigenvalue weighted by Gasteiger charge is -2.34. The molecule has 0 amide bonds. The maximum absolute atomic E-state index is 4.23. The first-order valence-corrected chi connectivity index (χ1v) is 14.2. The summed E-state index contributed by atoms with van der Waals surface area (Å²) in [5, 5.41) is 9.05. The zero-order chi connectivity index (χ0) is 27.2. The van der Waals surface area contributed by atoms with E-state index in [1.54, 1.807) is 0 Å². The third-order valence-electron chi connectivity index (χ3n) is 8.98. The first kappa shape index (κ1) is 22.5. The van der Waals surface area contributed by atoms with Gasteiger partial charge < -0.3 is 9.47 Å². The van der Waals surface area contributed by atoms with Gasteiger partial charge in [0, 0.05) is 49.7 Å². The third-order valence-corrected chi connectivity index (χ3v) is 8.98. The minimum atomic E-state index is 1.17. The molecule has 0 aliphatic carbocycles. The average molecular weight is 523 g/mol. The lowest BCUT2D eigenvalue weighted by Crippen LogP contribution is -2.15. The molecule has 192 valence electrons. The summed E-state index contributed by atoms with van der Waals surface area (Å²) in [5.41, 5.74) is 11.0. The number of fused-ring (bicyclic) bond motifs is 4. The van der Waals surface area contributed by atoms with Crippen LogP contribution in [0, 0.1) is 6.92 Å². The van der Waals surface area contributed by atoms with Gasteiger partial charge in [-0.05, 0) is 77.2 Å². The van der Waals surface area contributed by atoms with Gasteiger partial charge in [0.05, 0.1) is 16.9 Å². The molecule has 2 heterocycles. The van der Waals surface area contributed by atoms with Gasteiger partial charge in [0.1, 0.15) is 0 Å². The first-order valence-electron chi connectivity index (χ1n) is 14.2. The van der Waals surface area contributed by atoms with E-state index in [4.69, 9.17) is 0 Å². The molecule has 0 saturated carbocycles. The minimum Gasteiger partial charge on any atom is -0.313 e. The molecular formula is C39H26N2. The molecule has 2 heteroatoms. The van der Waals surface area contributed by atoms with Crippen LogP contribution in [0.4, 0.5) is 17.1 Å². The molecule has 0 bridgehead atoms. The average Bonchev–Trinajstić information content (AvgIpc) is 3.32. The summed E-state index contributed by atoms with van der Waals surface area (Å²) in [5.74, 6) is 0. The van der Waals surface area contributed by atoms with Crippen LogP contribution in [-0.2, 0) is 0 Å². The molecule has 0 N–H and O–H groups in total. The van der Waals surface area contributed by atoms with Crippen molar-refractivity contribution in [3.8, 4) is 16.8 Å². The van der Waals surface area contributed by atoms with E-state index in [1.807, 2.05) is 6.08 Å². The Morgan fingerprint density at radius 2 is 1.27 bits per heavy atom. The van der Waals surface area contributed by atoms with Crippen LogP contribution in [0.25, 0.3) is 66.1 Å². The molecule has 0 fully saturated rings. The highest BCUT2D eigenvalue weighted by Crippen LogP contribution is 2.54. The Hall–Kier alpha value is -5.34. The number of hydrogen-bond acceptors (Lipinski definition) is 1. The summed E-state index contributed by atoms with van der Waals surface area (Å²) >= 11 is 0. The van der Waals surface area contributed by atoms with Gasteiger partial charge in [-0.3, -0.25) is 0 Å². The van der Waals surface area contributed by atoms with Gasteiger partial charge in [0.2, 0.25) is 0 Å². The lowest BCUT2D eigenvalue weighted by molar-refractivity contribution is 1.05. The summed E-state index contributed by atoms with van der Waals surface area (Å²) < 4.78 is 2.41. The van der Waals surface area contributed by atoms with Gasteiger partial charge in [0.15, 0.2) is 0 Å². The molecular weight excluding hydrogens is 496 g/mol. The van der Waals surface area contributed by atoms with Crippen molar-refractivity contribution < 1.29 is 0 Å². The second kappa shape index (κ2) is 8.09. The highest BCUT2D eigenvalue weighted by molar-refractivity contribution is 6.34. The number of hydrogen-bond donors (Lipinski definition) is 0. The van der Waals surface area contributed by atoms with Crippen LogP contribution >= 0.6 is 0 Å². The topological polar surface area (TPSA) is 8.17 Å². The smallest absolute Gasteiger partial charge is 0.0616 e. The number of nitrogens with zero attached hydrogens (tertiary/aromatic N) is 2. The van der Waals surface area contributed by atoms with Crippen molar-refractivity contribution in [2.45, 2.75) is 6.92 Å². The Morgan fingerprint density at radius 3 is 2.05 bits per heavy atom. The highest BCUT2D eigenvalue weighted by Gasteiger charge is 2.29. The van der Waals surface area contributed by atoms with E-state index in [1.165, 1.54) is 88.4 Å². The predicted octanol–water partition coefficient (Wildman–Crippen LogP) is 10.9. The zero-order valence-corrected chi connectivity index (χ0v) is 22.7. The van der Waals surface area contributed by atoms with E-state index < -0.39 is 0 Å². The third kappa shape index (κ3) is 2.86. The molecule has 2 nitrogen and oxygen atoms in total. The van der Waals surface area contributed by atoms with Gasteiger partial charge in [-0.15, -0.1) is 0 Å². The van der Waals surface area contributed by atoms with Crippen molar-refractivity contribution in [2.24, 2.45) is 0 Å². The fraction of sp³-hybridized carbons (Fsp3) is 0.0256. The Bertz CT molecular complexity index is 2320. The quantitative estimate of drug-likeness (QED) is 0.210. The highest BCUT2D eigenvalue weighted by atomic mass is 15.2. The van der Waals surface area contributed by atoms with Crippen LogP contribution in [0.2, 0.25) is 0 Å². The molecule has 0 unspecified atom stereocenters. The van der Waals surface area contributed by atoms with E-state index in [0.29, 0.717) is 0 Å². The van der Waals surface area contributed by atoms with Crippen molar-refractivity contribution in [1.29, 1.82) is 0 Å². The Morgan fingerprint density at radius 1 is 0.561 bits per heavy atom. The van der Waals surface area contributed by atoms with Crippen molar-refractivity contribution >= 4 is 66.4 Å². The van der Waals surface area contributed by atoms with E-state index >= 15 is 0 Å². The number of anilines is 3. The second-order valence-electron chi connectivity index (χ2n) is 11.0. The molecule has 1 aliphatic heterocycles. The Labute approximate surface area is 238 Å². The molecule has 41 heavy (non-hydrogen) atoms. The summed E-state index contributed by atoms with van der Waals surface area (Å²) in [6, 6.07) is 44.3. The minimum absolute atomic E-state index is 1.17. The van der Waals surface area contributed by atoms with Crippen LogP contribution in [0.1, 0.15) is 11.3 Å². The maximum Gasteiger partial charge on any atom is 0.0616 e. The summed E-state index contributed by atoms with van der Waals surface area (Å²) in [4.78, 5) is 2.43. The first-order chi connectivity index (χ1) is 20.2. The van der Waals surface area contributed by atoms with Gasteiger partial charge in [-0.25, -0.2) is 0 Å². The van der Waals surface area contributed by atoms with Crippen LogP contribution in [0.5, 0.6) is 0 Å². The van der Waals surface area contributed by atoms with Crippen LogP contribution < -0.4 is 4.90 Å². The van der Waals surface area contributed by atoms with E-state index in [-0.39, 0.29) is 0 Å². The number of para-hydroxylation sites is 3. The molecule has 9 rings (SSSR count). The van der Waals surface area contributed by atoms with Crippen molar-refractivity contribution in [1.82, 2.24) is 4.57 Å². The predicted molar refractivity (Wildman–Crippen MR) is 175 cm³/mol. The monoisotopic (exact) mass is 522 g/mol. The second-order valence-corrected chi connectivity index (χ2v) is 11.0. The molecule has 8 aromatic rings. The van der Waals surface area contributed by atoms with E-state index in [0.717, 1.165) is 0 Å². The molecule has 0 atom stereocenters. The normalized spacial score (nSPS) is 12.6. The summed E-state index contributed by atoms with van der Waals surface area (Å²) in [6.07, 6.45) is 2.02. The summed E-state index contributed by atoms with van der Waals surface area (Å²) in [7, 11) is 0. The largest absolute Gasteiger partial charge is 0.313 e. The fourth-order valence-electron chi connectivity index (χ4n) is 7.33. The molecule has 7 aromatic carbocycles. The van der Waals surface area contributed by atoms with Crippen LogP contribution in [0.3, 0.4) is 0 Å². The number of aromatic nitrogens is 1. The maximum atomic E-state index is 4.23. The summed E-state index contributed by atoms with van der Waals surface area (Å²) in [6.45, 7) is 6.44. The lowest BCUT2D eigenvalue weighted by atomic mass is 9.84. The molecule has 0 saturated heterocycles. The van der Waals surface area contributed by atoms with Crippen LogP contribution in [0.15, 0.2) is 128 Å². The van der Waals surface area contributed by atoms with Gasteiger partial charge in [-0.1, -0.05) is 85.5 Å². The number of rotatable bonds is 3. The molecule has 0 spiro atoms. The molecule has 1 aliphatic rings. The van der Waals surface area contributed by atoms with E-state index in [9.17, 15) is 0 Å². The van der Waals surface area contributed by atoms with Gasteiger partial charge in [0.25, 0.3) is 0 Å². The SMILES string of the molecule is C=Cc1c(C)n(-c2ccccc2)c2c1cc1cc3c4c(ccc5ccc2c1c54)N(c1ccccc1)c1ccccc1-3. The molecule has 0 radical (unpaired) electrons. The van der Waals surface area contributed by atoms with Gasteiger partial charge in [-0.2, -0.15) is 0 Å². The van der Waals surface area contributed by atoms with E-state index in [2.05, 4.69) is 144 Å². The van der Waals surface area contributed by atoms with Gasteiger partial charge >= 0.3 is 0 Å². The Balaban J connectivity index is 1.50. The standard InChI is InChI=1S/C39H26N2/c1-3-29-24(2)40(27-12-6-4-7-13-27)39-31-20-18-25-19-21-35-38-32(22-26(23-33(29)39)36(31)37(25)38)30-16-10-11-17-34(30)41(35)28-14-8-5-9-15-28/h3-23H,1H2,2H3. The fourth-order valence-corrected chi connectivity index (χ4v) is 7.33. The van der Waals surface area contributed by atoms with Crippen molar-refractivity contribution in [3.05, 3.63) is 139 Å². The molecule has 1 aromatic heterocycles. The zero-order valence-electron chi connectivity index (χ0n) is 22.7. The van der Waals surface area contributed by atoms with Crippen molar-refractivity contribution in [2.75, 3.05) is 4.90 Å². The van der Waals surface area contributed by atoms with Crippen LogP contribution in [-0.4, -0.2) is 4.57 Å². The Kier molecular flexibility index (Phi) is 4.44.